The zero-order valence-corrected chi connectivity index (χ0v) is 12.3. The summed E-state index contributed by atoms with van der Waals surface area (Å²) >= 11 is 0. The van der Waals surface area contributed by atoms with Gasteiger partial charge in [0.25, 0.3) is 0 Å². The van der Waals surface area contributed by atoms with Crippen LogP contribution in [0.3, 0.4) is 0 Å². The summed E-state index contributed by atoms with van der Waals surface area (Å²) in [4.78, 5) is 14.1. The van der Waals surface area contributed by atoms with E-state index in [0.717, 1.165) is 19.4 Å². The lowest BCUT2D eigenvalue weighted by atomic mass is 9.95. The largest absolute Gasteiger partial charge is 0.352 e. The number of carbonyl (C=O) groups is 1. The summed E-state index contributed by atoms with van der Waals surface area (Å²) < 4.78 is 0. The molecule has 0 unspecified atom stereocenters. The molecule has 0 bridgehead atoms. The highest BCUT2D eigenvalue weighted by molar-refractivity contribution is 5.78. The molecule has 0 atom stereocenters. The summed E-state index contributed by atoms with van der Waals surface area (Å²) in [6.45, 7) is 6.26. The summed E-state index contributed by atoms with van der Waals surface area (Å²) in [5.74, 6) is 0.631. The molecule has 0 aromatic heterocycles. The number of hydrogen-bond donors (Lipinski definition) is 1. The first kappa shape index (κ1) is 16.0. The number of amides is 1. The number of carbonyl (C=O) groups excluding carboxylic acids is 1. The van der Waals surface area contributed by atoms with Gasteiger partial charge in [-0.05, 0) is 18.8 Å². The molecule has 108 valence electrons. The van der Waals surface area contributed by atoms with Crippen molar-refractivity contribution in [3.63, 3.8) is 0 Å². The van der Waals surface area contributed by atoms with E-state index in [1.54, 1.807) is 0 Å². The van der Waals surface area contributed by atoms with Gasteiger partial charge in [-0.15, -0.1) is 0 Å². The lowest BCUT2D eigenvalue weighted by molar-refractivity contribution is -0.123. The maximum Gasteiger partial charge on any atom is 0.234 e. The van der Waals surface area contributed by atoms with Crippen LogP contribution >= 0.6 is 0 Å². The molecular formula is C15H27N3O. The van der Waals surface area contributed by atoms with Gasteiger partial charge in [-0.3, -0.25) is 9.69 Å². The number of hydrogen-bond acceptors (Lipinski definition) is 3. The van der Waals surface area contributed by atoms with Crippen LogP contribution in [0.5, 0.6) is 0 Å². The van der Waals surface area contributed by atoms with Gasteiger partial charge in [0.15, 0.2) is 0 Å². The summed E-state index contributed by atoms with van der Waals surface area (Å²) in [6.07, 6.45) is 6.49. The van der Waals surface area contributed by atoms with E-state index in [4.69, 9.17) is 5.26 Å². The van der Waals surface area contributed by atoms with E-state index in [0.29, 0.717) is 31.5 Å². The lowest BCUT2D eigenvalue weighted by Gasteiger charge is -2.26. The molecule has 0 aromatic rings. The van der Waals surface area contributed by atoms with Gasteiger partial charge in [0.1, 0.15) is 0 Å². The van der Waals surface area contributed by atoms with Crippen molar-refractivity contribution in [1.29, 1.82) is 5.26 Å². The standard InChI is InChI=1S/C15H27N3O/c1-13(2)11-18(10-6-9-16)12-15(19)17-14-7-4-3-5-8-14/h13-14H,3-8,10-12H2,1-2H3,(H,17,19). The molecule has 1 aliphatic carbocycles. The van der Waals surface area contributed by atoms with E-state index in [2.05, 4.69) is 30.1 Å². The van der Waals surface area contributed by atoms with Gasteiger partial charge in [0.05, 0.1) is 12.6 Å². The van der Waals surface area contributed by atoms with E-state index in [-0.39, 0.29) is 5.91 Å². The van der Waals surface area contributed by atoms with Crippen LogP contribution in [0, 0.1) is 17.2 Å². The third-order valence-electron chi connectivity index (χ3n) is 3.50. The molecule has 0 aliphatic heterocycles. The van der Waals surface area contributed by atoms with E-state index in [1.807, 2.05) is 0 Å². The average Bonchev–Trinajstić information content (AvgIpc) is 2.36. The molecule has 1 aliphatic rings. The van der Waals surface area contributed by atoms with Crippen LogP contribution in [0.4, 0.5) is 0 Å². The van der Waals surface area contributed by atoms with E-state index < -0.39 is 0 Å². The van der Waals surface area contributed by atoms with Crippen LogP contribution < -0.4 is 5.32 Å². The maximum atomic E-state index is 12.0. The number of nitrogens with zero attached hydrogens (tertiary/aromatic N) is 2. The highest BCUT2D eigenvalue weighted by Gasteiger charge is 2.17. The second kappa shape index (κ2) is 8.92. The summed E-state index contributed by atoms with van der Waals surface area (Å²) in [5.41, 5.74) is 0. The SMILES string of the molecule is CC(C)CN(CCC#N)CC(=O)NC1CCCCC1. The Morgan fingerprint density at radius 3 is 2.63 bits per heavy atom. The van der Waals surface area contributed by atoms with Crippen LogP contribution in [0.15, 0.2) is 0 Å². The fourth-order valence-electron chi connectivity index (χ4n) is 2.68. The molecule has 1 saturated carbocycles. The molecule has 1 rings (SSSR count). The van der Waals surface area contributed by atoms with E-state index in [1.165, 1.54) is 19.3 Å². The van der Waals surface area contributed by atoms with Crippen molar-refractivity contribution in [2.45, 2.75) is 58.4 Å². The minimum Gasteiger partial charge on any atom is -0.352 e. The van der Waals surface area contributed by atoms with Crippen molar-refractivity contribution >= 4 is 5.91 Å². The Kier molecular flexibility index (Phi) is 7.50. The highest BCUT2D eigenvalue weighted by Crippen LogP contribution is 2.17. The van der Waals surface area contributed by atoms with Gasteiger partial charge >= 0.3 is 0 Å². The summed E-state index contributed by atoms with van der Waals surface area (Å²) in [6, 6.07) is 2.53. The monoisotopic (exact) mass is 265 g/mol. The number of nitrogens with one attached hydrogen (secondary N) is 1. The Morgan fingerprint density at radius 1 is 1.37 bits per heavy atom. The van der Waals surface area contributed by atoms with Crippen molar-refractivity contribution < 1.29 is 4.79 Å². The third kappa shape index (κ3) is 7.17. The maximum absolute atomic E-state index is 12.0. The Bertz CT molecular complexity index is 303. The van der Waals surface area contributed by atoms with Crippen molar-refractivity contribution in [3.8, 4) is 6.07 Å². The van der Waals surface area contributed by atoms with Gasteiger partial charge in [0, 0.05) is 25.6 Å². The predicted octanol–water partition coefficient (Wildman–Crippen LogP) is 2.31. The first-order valence-corrected chi connectivity index (χ1v) is 7.50. The topological polar surface area (TPSA) is 56.1 Å². The van der Waals surface area contributed by atoms with Crippen molar-refractivity contribution in [2.75, 3.05) is 19.6 Å². The quantitative estimate of drug-likeness (QED) is 0.768. The minimum atomic E-state index is 0.116. The minimum absolute atomic E-state index is 0.116. The fraction of sp³-hybridized carbons (Fsp3) is 0.867. The smallest absolute Gasteiger partial charge is 0.234 e. The molecule has 0 saturated heterocycles. The number of rotatable bonds is 7. The van der Waals surface area contributed by atoms with E-state index >= 15 is 0 Å². The van der Waals surface area contributed by atoms with Crippen molar-refractivity contribution in [1.82, 2.24) is 10.2 Å². The number of nitriles is 1. The van der Waals surface area contributed by atoms with Gasteiger partial charge in [0.2, 0.25) is 5.91 Å². The normalized spacial score (nSPS) is 16.6. The van der Waals surface area contributed by atoms with Crippen molar-refractivity contribution in [2.24, 2.45) is 5.92 Å². The Morgan fingerprint density at radius 2 is 2.05 bits per heavy atom. The second-order valence-electron chi connectivity index (χ2n) is 5.94. The Balaban J connectivity index is 2.34. The summed E-state index contributed by atoms with van der Waals surface area (Å²) in [7, 11) is 0. The van der Waals surface area contributed by atoms with Crippen LogP contribution in [0.1, 0.15) is 52.4 Å². The van der Waals surface area contributed by atoms with Crippen LogP contribution in [0.25, 0.3) is 0 Å². The third-order valence-corrected chi connectivity index (χ3v) is 3.50. The van der Waals surface area contributed by atoms with Gasteiger partial charge in [-0.2, -0.15) is 5.26 Å². The Hall–Kier alpha value is -1.08. The molecule has 1 amide bonds. The summed E-state index contributed by atoms with van der Waals surface area (Å²) in [5, 5.41) is 11.8. The molecule has 19 heavy (non-hydrogen) atoms. The zero-order valence-electron chi connectivity index (χ0n) is 12.3. The van der Waals surface area contributed by atoms with Gasteiger partial charge in [-0.1, -0.05) is 33.1 Å². The molecule has 0 aromatic carbocycles. The predicted molar refractivity (Wildman–Crippen MR) is 76.5 cm³/mol. The van der Waals surface area contributed by atoms with Gasteiger partial charge in [-0.25, -0.2) is 0 Å². The molecule has 1 N–H and O–H groups in total. The van der Waals surface area contributed by atoms with Crippen molar-refractivity contribution in [3.05, 3.63) is 0 Å². The highest BCUT2D eigenvalue weighted by atomic mass is 16.2. The molecule has 0 spiro atoms. The van der Waals surface area contributed by atoms with Crippen LogP contribution in [-0.4, -0.2) is 36.5 Å². The second-order valence-corrected chi connectivity index (χ2v) is 5.94. The molecule has 4 heteroatoms. The van der Waals surface area contributed by atoms with Gasteiger partial charge < -0.3 is 5.32 Å². The first-order chi connectivity index (χ1) is 9.11. The molecular weight excluding hydrogens is 238 g/mol. The lowest BCUT2D eigenvalue weighted by Crippen LogP contribution is -2.44. The zero-order chi connectivity index (χ0) is 14.1. The molecule has 0 radical (unpaired) electrons. The fourth-order valence-corrected chi connectivity index (χ4v) is 2.68. The average molecular weight is 265 g/mol. The first-order valence-electron chi connectivity index (χ1n) is 7.50. The molecule has 1 fully saturated rings. The van der Waals surface area contributed by atoms with E-state index in [9.17, 15) is 4.79 Å². The van der Waals surface area contributed by atoms with Crippen LogP contribution in [0.2, 0.25) is 0 Å². The van der Waals surface area contributed by atoms with Crippen LogP contribution in [-0.2, 0) is 4.79 Å². The molecule has 0 heterocycles. The Labute approximate surface area is 117 Å². The molecule has 4 nitrogen and oxygen atoms in total.